The Morgan fingerprint density at radius 1 is 1.57 bits per heavy atom. The highest BCUT2D eigenvalue weighted by Crippen LogP contribution is 2.12. The van der Waals surface area contributed by atoms with Crippen LogP contribution in [0, 0.1) is 0 Å². The van der Waals surface area contributed by atoms with Crippen molar-refractivity contribution >= 4 is 17.4 Å². The molecule has 14 heavy (non-hydrogen) atoms. The summed E-state index contributed by atoms with van der Waals surface area (Å²) in [5.41, 5.74) is 1.08. The molecule has 0 fully saturated rings. The highest BCUT2D eigenvalue weighted by Gasteiger charge is 2.11. The second-order valence-corrected chi connectivity index (χ2v) is 3.72. The minimum atomic E-state index is -0.117. The van der Waals surface area contributed by atoms with Crippen molar-refractivity contribution in [2.24, 2.45) is 0 Å². The first-order valence-corrected chi connectivity index (χ1v) is 4.93. The Morgan fingerprint density at radius 2 is 2.29 bits per heavy atom. The number of halogens is 1. The number of benzene rings is 1. The van der Waals surface area contributed by atoms with Gasteiger partial charge in [-0.1, -0.05) is 23.7 Å². The molecule has 0 aromatic heterocycles. The van der Waals surface area contributed by atoms with Crippen LogP contribution in [-0.4, -0.2) is 18.9 Å². The molecule has 0 aliphatic heterocycles. The number of likely N-dealkylation sites (N-methyl/N-ethyl adjacent to an activating group) is 1. The molecule has 1 aromatic carbocycles. The number of ketones is 1. The van der Waals surface area contributed by atoms with E-state index in [4.69, 9.17) is 11.6 Å². The zero-order valence-corrected chi connectivity index (χ0v) is 9.14. The Morgan fingerprint density at radius 3 is 2.79 bits per heavy atom. The van der Waals surface area contributed by atoms with Crippen molar-refractivity contribution in [3.05, 3.63) is 34.9 Å². The summed E-state index contributed by atoms with van der Waals surface area (Å²) < 4.78 is 0. The number of Topliss-reactive ketones (excluding diaryl/α,β-unsaturated/α-hetero) is 1. The van der Waals surface area contributed by atoms with E-state index in [1.54, 1.807) is 14.0 Å². The lowest BCUT2D eigenvalue weighted by atomic mass is 10.0. The Bertz CT molecular complexity index is 325. The summed E-state index contributed by atoms with van der Waals surface area (Å²) in [6.07, 6.45) is 0.687. The summed E-state index contributed by atoms with van der Waals surface area (Å²) in [6.45, 7) is 1.59. The lowest BCUT2D eigenvalue weighted by molar-refractivity contribution is -0.118. The third-order valence-electron chi connectivity index (χ3n) is 2.17. The normalized spacial score (nSPS) is 12.5. The maximum atomic E-state index is 11.2. The average Bonchev–Trinajstić information content (AvgIpc) is 2.14. The molecule has 1 rings (SSSR count). The molecule has 0 bridgehead atoms. The molecule has 1 aromatic rings. The molecule has 0 saturated heterocycles. The minimum absolute atomic E-state index is 0.117. The van der Waals surface area contributed by atoms with Gasteiger partial charge in [-0.2, -0.15) is 0 Å². The van der Waals surface area contributed by atoms with E-state index in [1.807, 2.05) is 24.3 Å². The quantitative estimate of drug-likeness (QED) is 0.826. The summed E-state index contributed by atoms with van der Waals surface area (Å²) in [5.74, 6) is 0.146. The Kier molecular flexibility index (Phi) is 4.11. The lowest BCUT2D eigenvalue weighted by Gasteiger charge is -2.12. The highest BCUT2D eigenvalue weighted by atomic mass is 35.5. The third-order valence-corrected chi connectivity index (χ3v) is 2.40. The van der Waals surface area contributed by atoms with Crippen LogP contribution < -0.4 is 5.32 Å². The molecule has 76 valence electrons. The first-order chi connectivity index (χ1) is 6.63. The van der Waals surface area contributed by atoms with E-state index in [0.29, 0.717) is 11.4 Å². The molecular formula is C11H14ClNO. The zero-order valence-electron chi connectivity index (χ0n) is 8.38. The van der Waals surface area contributed by atoms with Gasteiger partial charge in [-0.3, -0.25) is 4.79 Å². The number of hydrogen-bond donors (Lipinski definition) is 1. The molecule has 0 aliphatic rings. The Labute approximate surface area is 89.3 Å². The molecule has 0 heterocycles. The van der Waals surface area contributed by atoms with Gasteiger partial charge < -0.3 is 5.32 Å². The minimum Gasteiger partial charge on any atom is -0.310 e. The predicted octanol–water partition coefficient (Wildman–Crippen LogP) is 2.06. The summed E-state index contributed by atoms with van der Waals surface area (Å²) in [6, 6.07) is 7.46. The molecular weight excluding hydrogens is 198 g/mol. The molecule has 0 aliphatic carbocycles. The van der Waals surface area contributed by atoms with Crippen molar-refractivity contribution in [1.82, 2.24) is 5.32 Å². The number of carbonyl (C=O) groups excluding carboxylic acids is 1. The molecule has 1 atom stereocenters. The summed E-state index contributed by atoms with van der Waals surface area (Å²) in [5, 5.41) is 3.69. The van der Waals surface area contributed by atoms with Crippen LogP contribution in [0.2, 0.25) is 5.02 Å². The molecule has 2 nitrogen and oxygen atoms in total. The number of hydrogen-bond acceptors (Lipinski definition) is 2. The summed E-state index contributed by atoms with van der Waals surface area (Å²) in [4.78, 5) is 11.2. The summed E-state index contributed by atoms with van der Waals surface area (Å²) in [7, 11) is 1.79. The smallest absolute Gasteiger partial charge is 0.147 e. The van der Waals surface area contributed by atoms with Crippen molar-refractivity contribution in [2.45, 2.75) is 19.4 Å². The van der Waals surface area contributed by atoms with Gasteiger partial charge in [0.2, 0.25) is 0 Å². The fourth-order valence-electron chi connectivity index (χ4n) is 1.35. The SMILES string of the molecule is CN[C@@H](Cc1cccc(Cl)c1)C(C)=O. The van der Waals surface area contributed by atoms with Gasteiger partial charge >= 0.3 is 0 Å². The highest BCUT2D eigenvalue weighted by molar-refractivity contribution is 6.30. The van der Waals surface area contributed by atoms with Crippen LogP contribution in [0.5, 0.6) is 0 Å². The first kappa shape index (κ1) is 11.2. The van der Waals surface area contributed by atoms with E-state index >= 15 is 0 Å². The van der Waals surface area contributed by atoms with Gasteiger partial charge in [0.25, 0.3) is 0 Å². The maximum Gasteiger partial charge on any atom is 0.147 e. The van der Waals surface area contributed by atoms with E-state index in [-0.39, 0.29) is 11.8 Å². The number of rotatable bonds is 4. The van der Waals surface area contributed by atoms with Gasteiger partial charge in [0.15, 0.2) is 0 Å². The van der Waals surface area contributed by atoms with E-state index in [1.165, 1.54) is 0 Å². The van der Waals surface area contributed by atoms with Crippen LogP contribution in [0.1, 0.15) is 12.5 Å². The van der Waals surface area contributed by atoms with Crippen molar-refractivity contribution in [1.29, 1.82) is 0 Å². The molecule has 0 saturated carbocycles. The van der Waals surface area contributed by atoms with Crippen molar-refractivity contribution in [2.75, 3.05) is 7.05 Å². The molecule has 3 heteroatoms. The van der Waals surface area contributed by atoms with Gasteiger partial charge in [-0.15, -0.1) is 0 Å². The monoisotopic (exact) mass is 211 g/mol. The maximum absolute atomic E-state index is 11.2. The van der Waals surface area contributed by atoms with Crippen molar-refractivity contribution < 1.29 is 4.79 Å². The van der Waals surface area contributed by atoms with Crippen LogP contribution in [0.4, 0.5) is 0 Å². The molecule has 0 amide bonds. The number of carbonyl (C=O) groups is 1. The van der Waals surface area contributed by atoms with E-state index < -0.39 is 0 Å². The molecule has 1 N–H and O–H groups in total. The van der Waals surface area contributed by atoms with Crippen LogP contribution in [0.25, 0.3) is 0 Å². The predicted molar refractivity (Wildman–Crippen MR) is 58.7 cm³/mol. The van der Waals surface area contributed by atoms with Crippen molar-refractivity contribution in [3.63, 3.8) is 0 Å². The van der Waals surface area contributed by atoms with Crippen molar-refractivity contribution in [3.8, 4) is 0 Å². The van der Waals surface area contributed by atoms with Gasteiger partial charge in [0.1, 0.15) is 5.78 Å². The second kappa shape index (κ2) is 5.13. The standard InChI is InChI=1S/C11H14ClNO/c1-8(14)11(13-2)7-9-4-3-5-10(12)6-9/h3-6,11,13H,7H2,1-2H3/t11-/m0/s1. The van der Waals surface area contributed by atoms with Crippen LogP contribution in [-0.2, 0) is 11.2 Å². The third kappa shape index (κ3) is 3.13. The van der Waals surface area contributed by atoms with Crippen LogP contribution >= 0.6 is 11.6 Å². The van der Waals surface area contributed by atoms with Crippen LogP contribution in [0.15, 0.2) is 24.3 Å². The van der Waals surface area contributed by atoms with E-state index in [9.17, 15) is 4.79 Å². The number of nitrogens with one attached hydrogen (secondary N) is 1. The van der Waals surface area contributed by atoms with E-state index in [2.05, 4.69) is 5.32 Å². The van der Waals surface area contributed by atoms with Gasteiger partial charge in [-0.25, -0.2) is 0 Å². The molecule has 0 unspecified atom stereocenters. The van der Waals surface area contributed by atoms with Gasteiger partial charge in [-0.05, 0) is 38.1 Å². The molecule has 0 radical (unpaired) electrons. The fourth-order valence-corrected chi connectivity index (χ4v) is 1.56. The lowest BCUT2D eigenvalue weighted by Crippen LogP contribution is -2.34. The van der Waals surface area contributed by atoms with Crippen LogP contribution in [0.3, 0.4) is 0 Å². The fraction of sp³-hybridized carbons (Fsp3) is 0.364. The van der Waals surface area contributed by atoms with E-state index in [0.717, 1.165) is 5.56 Å². The Balaban J connectivity index is 2.72. The largest absolute Gasteiger partial charge is 0.310 e. The topological polar surface area (TPSA) is 29.1 Å². The zero-order chi connectivity index (χ0) is 10.6. The summed E-state index contributed by atoms with van der Waals surface area (Å²) >= 11 is 5.85. The molecule has 0 spiro atoms. The first-order valence-electron chi connectivity index (χ1n) is 4.55. The Hall–Kier alpha value is -0.860. The van der Waals surface area contributed by atoms with Gasteiger partial charge in [0, 0.05) is 5.02 Å². The average molecular weight is 212 g/mol. The second-order valence-electron chi connectivity index (χ2n) is 3.29. The van der Waals surface area contributed by atoms with Gasteiger partial charge in [0.05, 0.1) is 6.04 Å².